The van der Waals surface area contributed by atoms with E-state index in [1.807, 2.05) is 0 Å². The molecule has 30 heavy (non-hydrogen) atoms. The van der Waals surface area contributed by atoms with E-state index in [2.05, 4.69) is 58.3 Å². The third kappa shape index (κ3) is 4.69. The fraction of sp³-hybridized carbons (Fsp3) is 0.500. The van der Waals surface area contributed by atoms with Crippen molar-refractivity contribution >= 4 is 24.8 Å². The lowest BCUT2D eigenvalue weighted by molar-refractivity contribution is 0.00797. The Bertz CT molecular complexity index is 773. The maximum Gasteiger partial charge on any atom is 0.0901 e. The second kappa shape index (κ2) is 10.4. The first-order valence-corrected chi connectivity index (χ1v) is 10.7. The molecule has 0 spiro atoms. The molecule has 3 aliphatic rings. The molecule has 0 bridgehead atoms. The molecule has 2 heterocycles. The van der Waals surface area contributed by atoms with Crippen LogP contribution in [0, 0.1) is 0 Å². The molecule has 1 aliphatic carbocycles. The lowest BCUT2D eigenvalue weighted by atomic mass is 9.87. The highest BCUT2D eigenvalue weighted by Crippen LogP contribution is 2.49. The predicted molar refractivity (Wildman–Crippen MR) is 125 cm³/mol. The molecule has 1 N–H and O–H groups in total. The van der Waals surface area contributed by atoms with Gasteiger partial charge in [-0.1, -0.05) is 48.5 Å². The van der Waals surface area contributed by atoms with Gasteiger partial charge in [-0.15, -0.1) is 24.8 Å². The summed E-state index contributed by atoms with van der Waals surface area (Å²) in [7, 11) is 0. The Labute approximate surface area is 192 Å². The summed E-state index contributed by atoms with van der Waals surface area (Å²) in [6.45, 7) is 6.31. The first kappa shape index (κ1) is 23.5. The highest BCUT2D eigenvalue weighted by atomic mass is 35.5. The minimum Gasteiger partial charge on any atom is -0.395 e. The number of halogens is 2. The van der Waals surface area contributed by atoms with E-state index in [4.69, 9.17) is 9.84 Å². The van der Waals surface area contributed by atoms with Crippen LogP contribution in [0.25, 0.3) is 0 Å². The molecule has 4 nitrogen and oxygen atoms in total. The zero-order valence-corrected chi connectivity index (χ0v) is 18.9. The Kier molecular flexibility index (Phi) is 8.19. The van der Waals surface area contributed by atoms with Crippen molar-refractivity contribution in [2.75, 3.05) is 45.9 Å². The Hall–Kier alpha value is -1.14. The molecule has 2 saturated heterocycles. The van der Waals surface area contributed by atoms with Crippen molar-refractivity contribution in [3.8, 4) is 0 Å². The van der Waals surface area contributed by atoms with Crippen LogP contribution in [-0.2, 0) is 11.2 Å². The number of hydrogen-bond donors (Lipinski definition) is 1. The standard InChI is InChI=1S/C24H30N2O2.2ClH/c27-14-13-25-9-11-26(12-10-25)17-20-16-23-21-7-3-1-5-18(21)15-19-6-2-4-8-22(19)24(23)28-20;;/h1-8,20,23-24,27H,9-17H2;2*1H. The smallest absolute Gasteiger partial charge is 0.0901 e. The average Bonchev–Trinajstić information content (AvgIpc) is 3.08. The van der Waals surface area contributed by atoms with E-state index in [-0.39, 0.29) is 37.5 Å². The van der Waals surface area contributed by atoms with Gasteiger partial charge in [0.25, 0.3) is 0 Å². The number of aliphatic hydroxyl groups is 1. The molecule has 2 fully saturated rings. The summed E-state index contributed by atoms with van der Waals surface area (Å²) in [6, 6.07) is 17.8. The van der Waals surface area contributed by atoms with Crippen LogP contribution < -0.4 is 0 Å². The van der Waals surface area contributed by atoms with E-state index >= 15 is 0 Å². The number of aliphatic hydroxyl groups excluding tert-OH is 1. The average molecular weight is 451 g/mol. The molecular formula is C24H32Cl2N2O2. The summed E-state index contributed by atoms with van der Waals surface area (Å²) in [5, 5.41) is 9.14. The minimum atomic E-state index is 0. The minimum absolute atomic E-state index is 0. The second-order valence-corrected chi connectivity index (χ2v) is 8.46. The highest BCUT2D eigenvalue weighted by molar-refractivity contribution is 5.85. The number of ether oxygens (including phenoxy) is 1. The Morgan fingerprint density at radius 2 is 1.43 bits per heavy atom. The van der Waals surface area contributed by atoms with Gasteiger partial charge in [-0.2, -0.15) is 0 Å². The Morgan fingerprint density at radius 3 is 2.13 bits per heavy atom. The van der Waals surface area contributed by atoms with Crippen LogP contribution in [0.4, 0.5) is 0 Å². The first-order valence-electron chi connectivity index (χ1n) is 10.7. The van der Waals surface area contributed by atoms with Gasteiger partial charge >= 0.3 is 0 Å². The van der Waals surface area contributed by atoms with Gasteiger partial charge in [0.15, 0.2) is 0 Å². The van der Waals surface area contributed by atoms with Crippen molar-refractivity contribution in [1.82, 2.24) is 9.80 Å². The van der Waals surface area contributed by atoms with Crippen molar-refractivity contribution in [3.05, 3.63) is 70.8 Å². The van der Waals surface area contributed by atoms with Gasteiger partial charge in [0.1, 0.15) is 0 Å². The molecule has 0 radical (unpaired) electrons. The number of rotatable bonds is 4. The molecule has 164 valence electrons. The fourth-order valence-electron chi connectivity index (χ4n) is 5.32. The quantitative estimate of drug-likeness (QED) is 0.770. The van der Waals surface area contributed by atoms with E-state index in [1.54, 1.807) is 0 Å². The molecular weight excluding hydrogens is 419 g/mol. The van der Waals surface area contributed by atoms with Gasteiger partial charge in [0.05, 0.1) is 18.8 Å². The molecule has 2 aromatic rings. The molecule has 2 aromatic carbocycles. The summed E-state index contributed by atoms with van der Waals surface area (Å²) in [5.74, 6) is 0.459. The van der Waals surface area contributed by atoms with Crippen molar-refractivity contribution in [3.63, 3.8) is 0 Å². The van der Waals surface area contributed by atoms with Crippen molar-refractivity contribution in [2.45, 2.75) is 31.0 Å². The van der Waals surface area contributed by atoms with Crippen LogP contribution in [0.3, 0.4) is 0 Å². The Balaban J connectivity index is 0.00000128. The maximum absolute atomic E-state index is 9.14. The highest BCUT2D eigenvalue weighted by Gasteiger charge is 2.41. The van der Waals surface area contributed by atoms with E-state index in [1.165, 1.54) is 22.3 Å². The van der Waals surface area contributed by atoms with Crippen molar-refractivity contribution in [1.29, 1.82) is 0 Å². The van der Waals surface area contributed by atoms with Gasteiger partial charge in [-0.25, -0.2) is 0 Å². The molecule has 3 atom stereocenters. The third-order valence-electron chi connectivity index (χ3n) is 6.76. The summed E-state index contributed by atoms with van der Waals surface area (Å²) in [5.41, 5.74) is 5.75. The van der Waals surface area contributed by atoms with Gasteiger partial charge in [0.2, 0.25) is 0 Å². The van der Waals surface area contributed by atoms with Crippen LogP contribution in [0.2, 0.25) is 0 Å². The number of benzene rings is 2. The van der Waals surface area contributed by atoms with Gasteiger partial charge in [-0.3, -0.25) is 9.80 Å². The summed E-state index contributed by atoms with van der Waals surface area (Å²) in [4.78, 5) is 4.89. The van der Waals surface area contributed by atoms with Gasteiger partial charge in [0, 0.05) is 45.2 Å². The summed E-state index contributed by atoms with van der Waals surface area (Å²) >= 11 is 0. The number of piperazine rings is 1. The third-order valence-corrected chi connectivity index (χ3v) is 6.76. The Morgan fingerprint density at radius 1 is 0.833 bits per heavy atom. The van der Waals surface area contributed by atoms with E-state index < -0.39 is 0 Å². The van der Waals surface area contributed by atoms with E-state index in [0.29, 0.717) is 12.0 Å². The van der Waals surface area contributed by atoms with Crippen LogP contribution in [0.5, 0.6) is 0 Å². The molecule has 0 amide bonds. The second-order valence-electron chi connectivity index (χ2n) is 8.46. The molecule has 0 aromatic heterocycles. The normalized spacial score (nSPS) is 25.8. The van der Waals surface area contributed by atoms with Crippen LogP contribution in [0.15, 0.2) is 48.5 Å². The van der Waals surface area contributed by atoms with Gasteiger partial charge in [-0.05, 0) is 35.1 Å². The lowest BCUT2D eigenvalue weighted by Crippen LogP contribution is -2.49. The number of hydrogen-bond acceptors (Lipinski definition) is 4. The van der Waals surface area contributed by atoms with Gasteiger partial charge < -0.3 is 9.84 Å². The number of nitrogens with zero attached hydrogens (tertiary/aromatic N) is 2. The van der Waals surface area contributed by atoms with Crippen molar-refractivity contribution in [2.24, 2.45) is 0 Å². The first-order chi connectivity index (χ1) is 13.8. The van der Waals surface area contributed by atoms with Crippen LogP contribution in [-0.4, -0.2) is 66.9 Å². The zero-order chi connectivity index (χ0) is 18.9. The fourth-order valence-corrected chi connectivity index (χ4v) is 5.32. The molecule has 3 unspecified atom stereocenters. The molecule has 2 aliphatic heterocycles. The zero-order valence-electron chi connectivity index (χ0n) is 17.3. The molecule has 0 saturated carbocycles. The van der Waals surface area contributed by atoms with Crippen molar-refractivity contribution < 1.29 is 9.84 Å². The summed E-state index contributed by atoms with van der Waals surface area (Å²) < 4.78 is 6.71. The van der Waals surface area contributed by atoms with E-state index in [9.17, 15) is 0 Å². The largest absolute Gasteiger partial charge is 0.395 e. The maximum atomic E-state index is 9.14. The van der Waals surface area contributed by atoms with Crippen LogP contribution in [0.1, 0.15) is 40.7 Å². The predicted octanol–water partition coefficient (Wildman–Crippen LogP) is 3.66. The summed E-state index contributed by atoms with van der Waals surface area (Å²) in [6.07, 6.45) is 2.59. The monoisotopic (exact) mass is 450 g/mol. The number of β-amino-alcohol motifs (C(OH)–C–C–N with tert-alkyl or cyclic N) is 1. The van der Waals surface area contributed by atoms with Crippen LogP contribution >= 0.6 is 24.8 Å². The lowest BCUT2D eigenvalue weighted by Gasteiger charge is -2.35. The van der Waals surface area contributed by atoms with E-state index in [0.717, 1.165) is 52.1 Å². The topological polar surface area (TPSA) is 35.9 Å². The molecule has 6 heteroatoms. The molecule has 5 rings (SSSR count). The SMILES string of the molecule is Cl.Cl.OCCN1CCN(CC2CC3c4ccccc4Cc4ccccc4C3O2)CC1. The number of fused-ring (bicyclic) bond motifs is 5.